The first-order valence-corrected chi connectivity index (χ1v) is 11.6. The van der Waals surface area contributed by atoms with E-state index in [2.05, 4.69) is 0 Å². The van der Waals surface area contributed by atoms with Crippen molar-refractivity contribution in [3.8, 4) is 5.75 Å². The van der Waals surface area contributed by atoms with Crippen molar-refractivity contribution in [3.05, 3.63) is 88.3 Å². The summed E-state index contributed by atoms with van der Waals surface area (Å²) < 4.78 is 7.29. The van der Waals surface area contributed by atoms with E-state index in [1.165, 1.54) is 22.7 Å². The van der Waals surface area contributed by atoms with Crippen LogP contribution in [0.2, 0.25) is 5.02 Å². The molecule has 0 saturated carbocycles. The fourth-order valence-electron chi connectivity index (χ4n) is 3.40. The number of fused-ring (bicyclic) bond motifs is 2. The molecule has 2 heterocycles. The Morgan fingerprint density at radius 2 is 1.77 bits per heavy atom. The lowest BCUT2D eigenvalue weighted by Gasteiger charge is -2.19. The van der Waals surface area contributed by atoms with Gasteiger partial charge in [-0.1, -0.05) is 71.5 Å². The molecule has 0 bridgehead atoms. The van der Waals surface area contributed by atoms with E-state index in [0.29, 0.717) is 21.6 Å². The van der Waals surface area contributed by atoms with Gasteiger partial charge in [0, 0.05) is 10.1 Å². The van der Waals surface area contributed by atoms with E-state index in [1.54, 1.807) is 12.0 Å². The summed E-state index contributed by atoms with van der Waals surface area (Å²) in [6.45, 7) is 0.404. The molecule has 0 saturated heterocycles. The van der Waals surface area contributed by atoms with Crippen LogP contribution in [0.5, 0.6) is 5.75 Å². The maximum atomic E-state index is 13.7. The molecule has 2 aromatic heterocycles. The van der Waals surface area contributed by atoms with Crippen molar-refractivity contribution in [1.82, 2.24) is 4.98 Å². The Morgan fingerprint density at radius 1 is 1.00 bits per heavy atom. The van der Waals surface area contributed by atoms with E-state index in [9.17, 15) is 4.79 Å². The van der Waals surface area contributed by atoms with Crippen molar-refractivity contribution >= 4 is 65.6 Å². The molecule has 3 aromatic carbocycles. The van der Waals surface area contributed by atoms with E-state index in [0.717, 1.165) is 31.6 Å². The van der Waals surface area contributed by atoms with Crippen molar-refractivity contribution < 1.29 is 9.53 Å². The number of amides is 1. The molecule has 0 atom stereocenters. The van der Waals surface area contributed by atoms with E-state index >= 15 is 0 Å². The Kier molecular flexibility index (Phi) is 5.36. The molecule has 0 N–H and O–H groups in total. The molecule has 5 aromatic rings. The number of carbonyl (C=O) groups is 1. The highest BCUT2D eigenvalue weighted by Crippen LogP contribution is 2.38. The molecule has 0 spiro atoms. The number of thiophene rings is 1. The van der Waals surface area contributed by atoms with Crippen molar-refractivity contribution in [2.45, 2.75) is 6.54 Å². The monoisotopic (exact) mass is 464 g/mol. The molecular formula is C24H17ClN2O2S2. The number of aromatic nitrogens is 1. The van der Waals surface area contributed by atoms with E-state index in [1.807, 2.05) is 72.8 Å². The number of benzene rings is 3. The third-order valence-corrected chi connectivity index (χ3v) is 7.68. The van der Waals surface area contributed by atoms with Gasteiger partial charge in [0.1, 0.15) is 10.6 Å². The van der Waals surface area contributed by atoms with Crippen LogP contribution in [0.15, 0.2) is 72.8 Å². The Morgan fingerprint density at radius 3 is 2.55 bits per heavy atom. The van der Waals surface area contributed by atoms with Crippen molar-refractivity contribution in [1.29, 1.82) is 0 Å². The van der Waals surface area contributed by atoms with Gasteiger partial charge in [-0.05, 0) is 29.8 Å². The number of nitrogens with zero attached hydrogens (tertiary/aromatic N) is 2. The zero-order valence-electron chi connectivity index (χ0n) is 16.5. The lowest BCUT2D eigenvalue weighted by Crippen LogP contribution is -2.29. The van der Waals surface area contributed by atoms with Crippen LogP contribution in [0.25, 0.3) is 20.3 Å². The minimum absolute atomic E-state index is 0.152. The van der Waals surface area contributed by atoms with Crippen LogP contribution in [0.1, 0.15) is 15.2 Å². The van der Waals surface area contributed by atoms with E-state index in [4.69, 9.17) is 21.3 Å². The van der Waals surface area contributed by atoms with Crippen molar-refractivity contribution in [3.63, 3.8) is 0 Å². The lowest BCUT2D eigenvalue weighted by molar-refractivity contribution is 0.0989. The van der Waals surface area contributed by atoms with Crippen LogP contribution < -0.4 is 9.64 Å². The second-order valence-electron chi connectivity index (χ2n) is 6.95. The van der Waals surface area contributed by atoms with Gasteiger partial charge in [0.25, 0.3) is 5.91 Å². The molecule has 154 valence electrons. The molecule has 0 aliphatic carbocycles. The van der Waals surface area contributed by atoms with Crippen molar-refractivity contribution in [2.24, 2.45) is 0 Å². The second kappa shape index (κ2) is 8.30. The summed E-state index contributed by atoms with van der Waals surface area (Å²) in [5, 5.41) is 2.02. The number of halogens is 1. The number of rotatable bonds is 5. The molecule has 0 aliphatic rings. The highest BCUT2D eigenvalue weighted by atomic mass is 35.5. The Hall–Kier alpha value is -2.93. The van der Waals surface area contributed by atoms with Crippen LogP contribution in [-0.2, 0) is 6.54 Å². The van der Waals surface area contributed by atoms with Gasteiger partial charge in [0.2, 0.25) is 0 Å². The van der Waals surface area contributed by atoms with Gasteiger partial charge >= 0.3 is 0 Å². The van der Waals surface area contributed by atoms with E-state index < -0.39 is 0 Å². The van der Waals surface area contributed by atoms with Crippen LogP contribution >= 0.6 is 34.3 Å². The summed E-state index contributed by atoms with van der Waals surface area (Å²) >= 11 is 9.51. The average molecular weight is 465 g/mol. The quantitative estimate of drug-likeness (QED) is 0.280. The molecule has 1 amide bonds. The van der Waals surface area contributed by atoms with Gasteiger partial charge in [0.15, 0.2) is 5.13 Å². The minimum atomic E-state index is -0.152. The molecule has 4 nitrogen and oxygen atoms in total. The second-order valence-corrected chi connectivity index (χ2v) is 9.39. The maximum absolute atomic E-state index is 13.7. The predicted octanol–water partition coefficient (Wildman–Crippen LogP) is 7.02. The molecule has 0 aliphatic heterocycles. The summed E-state index contributed by atoms with van der Waals surface area (Å²) in [6.07, 6.45) is 0. The third-order valence-electron chi connectivity index (χ3n) is 4.97. The number of hydrogen-bond donors (Lipinski definition) is 0. The largest absolute Gasteiger partial charge is 0.497 e. The number of ether oxygens (including phenoxy) is 1. The van der Waals surface area contributed by atoms with Crippen LogP contribution in [0.3, 0.4) is 0 Å². The smallest absolute Gasteiger partial charge is 0.272 e. The molecular weight excluding hydrogens is 448 g/mol. The predicted molar refractivity (Wildman–Crippen MR) is 130 cm³/mol. The SMILES string of the molecule is COc1ccc2nc(N(Cc3ccccc3)C(=O)c3sc4ccccc4c3Cl)sc2c1. The summed E-state index contributed by atoms with van der Waals surface area (Å²) in [5.41, 5.74) is 1.85. The Bertz CT molecular complexity index is 1400. The standard InChI is InChI=1S/C24H17ClN2O2S2/c1-29-16-11-12-18-20(13-16)31-24(26-18)27(14-15-7-3-2-4-8-15)23(28)22-21(25)17-9-5-6-10-19(17)30-22/h2-13H,14H2,1H3. The fraction of sp³-hybridized carbons (Fsp3) is 0.0833. The van der Waals surface area contributed by atoms with Crippen LogP contribution in [0, 0.1) is 0 Å². The first-order valence-electron chi connectivity index (χ1n) is 9.61. The normalized spacial score (nSPS) is 11.2. The van der Waals surface area contributed by atoms with Crippen molar-refractivity contribution in [2.75, 3.05) is 12.0 Å². The molecule has 7 heteroatoms. The van der Waals surface area contributed by atoms with Crippen LogP contribution in [0.4, 0.5) is 5.13 Å². The highest BCUT2D eigenvalue weighted by Gasteiger charge is 2.26. The molecule has 0 radical (unpaired) electrons. The summed E-state index contributed by atoms with van der Waals surface area (Å²) in [7, 11) is 1.64. The number of thiazole rings is 1. The number of anilines is 1. The van der Waals surface area contributed by atoms with Gasteiger partial charge in [0.05, 0.1) is 28.9 Å². The van der Waals surface area contributed by atoms with Gasteiger partial charge in [-0.15, -0.1) is 11.3 Å². The molecule has 0 unspecified atom stereocenters. The first kappa shape index (κ1) is 20.0. The zero-order chi connectivity index (χ0) is 21.4. The van der Waals surface area contributed by atoms with Gasteiger partial charge in [-0.25, -0.2) is 4.98 Å². The van der Waals surface area contributed by atoms with E-state index in [-0.39, 0.29) is 5.91 Å². The van der Waals surface area contributed by atoms with Gasteiger partial charge in [-0.2, -0.15) is 0 Å². The summed E-state index contributed by atoms with van der Waals surface area (Å²) in [5.74, 6) is 0.609. The zero-order valence-corrected chi connectivity index (χ0v) is 18.9. The first-order chi connectivity index (χ1) is 15.1. The van der Waals surface area contributed by atoms with Crippen LogP contribution in [-0.4, -0.2) is 18.0 Å². The van der Waals surface area contributed by atoms with Gasteiger partial charge < -0.3 is 4.74 Å². The average Bonchev–Trinajstić information content (AvgIpc) is 3.38. The number of hydrogen-bond acceptors (Lipinski definition) is 5. The topological polar surface area (TPSA) is 42.4 Å². The number of methoxy groups -OCH3 is 1. The third kappa shape index (κ3) is 3.78. The Labute approximate surface area is 192 Å². The maximum Gasteiger partial charge on any atom is 0.272 e. The van der Waals surface area contributed by atoms with Gasteiger partial charge in [-0.3, -0.25) is 9.69 Å². The Balaban J connectivity index is 1.61. The minimum Gasteiger partial charge on any atom is -0.497 e. The molecule has 0 fully saturated rings. The summed E-state index contributed by atoms with van der Waals surface area (Å²) in [6, 6.07) is 23.4. The number of carbonyl (C=O) groups excluding carboxylic acids is 1. The molecule has 5 rings (SSSR count). The summed E-state index contributed by atoms with van der Waals surface area (Å²) in [4.78, 5) is 20.7. The lowest BCUT2D eigenvalue weighted by atomic mass is 10.2. The fourth-order valence-corrected chi connectivity index (χ4v) is 5.85. The molecule has 31 heavy (non-hydrogen) atoms. The highest BCUT2D eigenvalue weighted by molar-refractivity contribution is 7.23.